The van der Waals surface area contributed by atoms with Crippen LogP contribution in [-0.2, 0) is 11.0 Å². The van der Waals surface area contributed by atoms with Crippen LogP contribution >= 0.6 is 0 Å². The number of nitrogens with zero attached hydrogens (tertiary/aromatic N) is 3. The normalized spacial score (nSPS) is 11.4. The molecule has 2 rings (SSSR count). The SMILES string of the molecule is CN(CCCC(=O)O)C(=O)c1cccc(-n2ccc(C(F)(F)F)n2)c1. The molecule has 2 aromatic rings. The predicted octanol–water partition coefficient (Wildman–Crippen LogP) is 2.83. The van der Waals surface area contributed by atoms with E-state index in [1.54, 1.807) is 6.07 Å². The van der Waals surface area contributed by atoms with E-state index in [-0.39, 0.29) is 24.4 Å². The number of hydrogen-bond donors (Lipinski definition) is 1. The van der Waals surface area contributed by atoms with Crippen molar-refractivity contribution in [2.45, 2.75) is 19.0 Å². The van der Waals surface area contributed by atoms with Gasteiger partial charge < -0.3 is 10.0 Å². The van der Waals surface area contributed by atoms with Crippen molar-refractivity contribution in [2.24, 2.45) is 0 Å². The molecule has 1 heterocycles. The Morgan fingerprint density at radius 2 is 2.00 bits per heavy atom. The van der Waals surface area contributed by atoms with Crippen LogP contribution in [0.15, 0.2) is 36.5 Å². The highest BCUT2D eigenvalue weighted by molar-refractivity contribution is 5.94. The van der Waals surface area contributed by atoms with E-state index in [0.717, 1.165) is 10.7 Å². The number of amides is 1. The Bertz CT molecular complexity index is 771. The lowest BCUT2D eigenvalue weighted by atomic mass is 10.1. The minimum atomic E-state index is -4.54. The molecule has 0 spiro atoms. The third-order valence-electron chi connectivity index (χ3n) is 3.47. The van der Waals surface area contributed by atoms with E-state index in [4.69, 9.17) is 5.11 Å². The molecule has 0 bridgehead atoms. The van der Waals surface area contributed by atoms with Gasteiger partial charge in [-0.25, -0.2) is 4.68 Å². The fourth-order valence-electron chi connectivity index (χ4n) is 2.19. The molecular formula is C16H16F3N3O3. The van der Waals surface area contributed by atoms with Gasteiger partial charge in [-0.2, -0.15) is 18.3 Å². The standard InChI is InChI=1S/C16H16F3N3O3/c1-21(8-3-6-14(23)24)15(25)11-4-2-5-12(10-11)22-9-7-13(20-22)16(17,18)19/h2,4-5,7,9-10H,3,6,8H2,1H3,(H,23,24). The van der Waals surface area contributed by atoms with Crippen molar-refractivity contribution in [1.29, 1.82) is 0 Å². The Morgan fingerprint density at radius 1 is 1.28 bits per heavy atom. The topological polar surface area (TPSA) is 75.4 Å². The number of alkyl halides is 3. The minimum Gasteiger partial charge on any atom is -0.481 e. The molecule has 1 aromatic carbocycles. The Morgan fingerprint density at radius 3 is 2.60 bits per heavy atom. The predicted molar refractivity (Wildman–Crippen MR) is 82.4 cm³/mol. The molecule has 0 aliphatic carbocycles. The number of rotatable bonds is 6. The van der Waals surface area contributed by atoms with Crippen molar-refractivity contribution in [1.82, 2.24) is 14.7 Å². The first-order valence-electron chi connectivity index (χ1n) is 7.39. The summed E-state index contributed by atoms with van der Waals surface area (Å²) in [5.74, 6) is -1.29. The van der Waals surface area contributed by atoms with Crippen LogP contribution in [0.4, 0.5) is 13.2 Å². The summed E-state index contributed by atoms with van der Waals surface area (Å²) < 4.78 is 38.9. The van der Waals surface area contributed by atoms with Crippen molar-refractivity contribution >= 4 is 11.9 Å². The van der Waals surface area contributed by atoms with E-state index in [9.17, 15) is 22.8 Å². The van der Waals surface area contributed by atoms with E-state index in [2.05, 4.69) is 5.10 Å². The molecule has 0 unspecified atom stereocenters. The molecule has 1 aromatic heterocycles. The lowest BCUT2D eigenvalue weighted by Crippen LogP contribution is -2.28. The van der Waals surface area contributed by atoms with Crippen LogP contribution < -0.4 is 0 Å². The van der Waals surface area contributed by atoms with Gasteiger partial charge in [0.1, 0.15) is 0 Å². The highest BCUT2D eigenvalue weighted by Crippen LogP contribution is 2.28. The number of carboxylic acid groups (broad SMARTS) is 1. The maximum Gasteiger partial charge on any atom is 0.435 e. The monoisotopic (exact) mass is 355 g/mol. The van der Waals surface area contributed by atoms with Gasteiger partial charge in [-0.1, -0.05) is 6.07 Å². The van der Waals surface area contributed by atoms with Crippen LogP contribution in [0.2, 0.25) is 0 Å². The van der Waals surface area contributed by atoms with Crippen molar-refractivity contribution < 1.29 is 27.9 Å². The summed E-state index contributed by atoms with van der Waals surface area (Å²) >= 11 is 0. The minimum absolute atomic E-state index is 0.0504. The molecule has 0 fully saturated rings. The van der Waals surface area contributed by atoms with Gasteiger partial charge in [-0.05, 0) is 30.7 Å². The van der Waals surface area contributed by atoms with Gasteiger partial charge in [0.05, 0.1) is 5.69 Å². The molecule has 0 saturated heterocycles. The average molecular weight is 355 g/mol. The average Bonchev–Trinajstić information content (AvgIpc) is 3.04. The third-order valence-corrected chi connectivity index (χ3v) is 3.47. The van der Waals surface area contributed by atoms with Gasteiger partial charge in [-0.3, -0.25) is 9.59 Å². The Kier molecular flexibility index (Phi) is 5.45. The molecule has 1 amide bonds. The lowest BCUT2D eigenvalue weighted by molar-refractivity contribution is -0.141. The number of hydrogen-bond acceptors (Lipinski definition) is 3. The zero-order chi connectivity index (χ0) is 18.6. The Balaban J connectivity index is 2.14. The summed E-state index contributed by atoms with van der Waals surface area (Å²) in [6.07, 6.45) is -3.11. The molecule has 0 atom stereocenters. The zero-order valence-electron chi connectivity index (χ0n) is 13.3. The maximum absolute atomic E-state index is 12.6. The van der Waals surface area contributed by atoms with E-state index >= 15 is 0 Å². The zero-order valence-corrected chi connectivity index (χ0v) is 13.3. The second kappa shape index (κ2) is 7.37. The first-order valence-corrected chi connectivity index (χ1v) is 7.39. The van der Waals surface area contributed by atoms with Gasteiger partial charge in [0.2, 0.25) is 0 Å². The summed E-state index contributed by atoms with van der Waals surface area (Å²) in [7, 11) is 1.53. The second-order valence-corrected chi connectivity index (χ2v) is 5.42. The van der Waals surface area contributed by atoms with E-state index < -0.39 is 17.8 Å². The molecule has 6 nitrogen and oxygen atoms in total. The van der Waals surface area contributed by atoms with Crippen LogP contribution in [0.25, 0.3) is 5.69 Å². The Hall–Kier alpha value is -2.84. The number of carbonyl (C=O) groups excluding carboxylic acids is 1. The number of aliphatic carboxylic acids is 1. The van der Waals surface area contributed by atoms with Crippen molar-refractivity contribution in [3.05, 3.63) is 47.8 Å². The fraction of sp³-hybridized carbons (Fsp3) is 0.312. The van der Waals surface area contributed by atoms with Crippen LogP contribution in [0.5, 0.6) is 0 Å². The highest BCUT2D eigenvalue weighted by atomic mass is 19.4. The smallest absolute Gasteiger partial charge is 0.435 e. The number of halogens is 3. The van der Waals surface area contributed by atoms with E-state index in [0.29, 0.717) is 12.1 Å². The van der Waals surface area contributed by atoms with E-state index in [1.165, 1.54) is 36.3 Å². The van der Waals surface area contributed by atoms with Gasteiger partial charge in [0.25, 0.3) is 5.91 Å². The first kappa shape index (κ1) is 18.5. The van der Waals surface area contributed by atoms with Crippen LogP contribution in [0.3, 0.4) is 0 Å². The van der Waals surface area contributed by atoms with Crippen molar-refractivity contribution in [3.63, 3.8) is 0 Å². The number of benzene rings is 1. The quantitative estimate of drug-likeness (QED) is 0.865. The number of aromatic nitrogens is 2. The van der Waals surface area contributed by atoms with Crippen molar-refractivity contribution in [2.75, 3.05) is 13.6 Å². The third kappa shape index (κ3) is 4.82. The summed E-state index contributed by atoms with van der Waals surface area (Å²) in [5, 5.41) is 12.1. The molecule has 9 heteroatoms. The van der Waals surface area contributed by atoms with Gasteiger partial charge in [-0.15, -0.1) is 0 Å². The number of carbonyl (C=O) groups is 2. The van der Waals surface area contributed by atoms with Gasteiger partial charge >= 0.3 is 12.1 Å². The lowest BCUT2D eigenvalue weighted by Gasteiger charge is -2.17. The number of carboxylic acids is 1. The summed E-state index contributed by atoms with van der Waals surface area (Å²) in [5.41, 5.74) is -0.422. The molecule has 0 radical (unpaired) electrons. The molecule has 0 saturated carbocycles. The highest BCUT2D eigenvalue weighted by Gasteiger charge is 2.33. The van der Waals surface area contributed by atoms with Crippen LogP contribution in [0.1, 0.15) is 28.9 Å². The molecule has 25 heavy (non-hydrogen) atoms. The Labute approximate surface area is 141 Å². The summed E-state index contributed by atoms with van der Waals surface area (Å²) in [6.45, 7) is 0.259. The van der Waals surface area contributed by atoms with Crippen molar-refractivity contribution in [3.8, 4) is 5.69 Å². The van der Waals surface area contributed by atoms with Gasteiger partial charge in [0, 0.05) is 31.8 Å². The fourth-order valence-corrected chi connectivity index (χ4v) is 2.19. The molecular weight excluding hydrogens is 339 g/mol. The second-order valence-electron chi connectivity index (χ2n) is 5.42. The largest absolute Gasteiger partial charge is 0.481 e. The van der Waals surface area contributed by atoms with Crippen LogP contribution in [0, 0.1) is 0 Å². The summed E-state index contributed by atoms with van der Waals surface area (Å²) in [6, 6.07) is 6.90. The molecule has 1 N–H and O–H groups in total. The maximum atomic E-state index is 12.6. The van der Waals surface area contributed by atoms with Crippen LogP contribution in [-0.4, -0.2) is 45.3 Å². The first-order chi connectivity index (χ1) is 11.7. The summed E-state index contributed by atoms with van der Waals surface area (Å²) in [4.78, 5) is 24.2. The molecule has 0 aliphatic rings. The molecule has 134 valence electrons. The van der Waals surface area contributed by atoms with E-state index in [1.807, 2.05) is 0 Å². The molecule has 0 aliphatic heterocycles. The van der Waals surface area contributed by atoms with Gasteiger partial charge in [0.15, 0.2) is 5.69 Å².